The molecule has 21 heavy (non-hydrogen) atoms. The lowest BCUT2D eigenvalue weighted by molar-refractivity contribution is 0.424. The SMILES string of the molecule is Cc1cccc(N)c1-c1nc(Cc2cccc(Cl)c2)no1. The molecular formula is C16H14ClN3O. The number of nitrogens with two attached hydrogens (primary N) is 1. The van der Waals surface area contributed by atoms with Gasteiger partial charge in [-0.2, -0.15) is 4.98 Å². The Bertz CT molecular complexity index is 762. The lowest BCUT2D eigenvalue weighted by Crippen LogP contribution is -1.94. The third kappa shape index (κ3) is 2.90. The normalized spacial score (nSPS) is 10.8. The Morgan fingerprint density at radius 2 is 2.00 bits per heavy atom. The van der Waals surface area contributed by atoms with Crippen molar-refractivity contribution in [2.24, 2.45) is 0 Å². The molecule has 4 nitrogen and oxygen atoms in total. The van der Waals surface area contributed by atoms with Crippen LogP contribution >= 0.6 is 11.6 Å². The number of aryl methyl sites for hydroxylation is 1. The molecule has 3 rings (SSSR count). The fraction of sp³-hybridized carbons (Fsp3) is 0.125. The first kappa shape index (κ1) is 13.6. The van der Waals surface area contributed by atoms with Gasteiger partial charge in [-0.1, -0.05) is 41.0 Å². The first-order chi connectivity index (χ1) is 10.1. The van der Waals surface area contributed by atoms with E-state index < -0.39 is 0 Å². The van der Waals surface area contributed by atoms with Crippen LogP contribution in [0.25, 0.3) is 11.5 Å². The number of hydrogen-bond donors (Lipinski definition) is 1. The molecular weight excluding hydrogens is 286 g/mol. The number of anilines is 1. The Morgan fingerprint density at radius 3 is 2.76 bits per heavy atom. The van der Waals surface area contributed by atoms with Gasteiger partial charge in [0, 0.05) is 17.1 Å². The van der Waals surface area contributed by atoms with E-state index in [4.69, 9.17) is 21.9 Å². The van der Waals surface area contributed by atoms with Crippen LogP contribution in [0.4, 0.5) is 5.69 Å². The molecule has 0 aliphatic heterocycles. The highest BCUT2D eigenvalue weighted by molar-refractivity contribution is 6.30. The van der Waals surface area contributed by atoms with Gasteiger partial charge in [0.15, 0.2) is 5.82 Å². The zero-order chi connectivity index (χ0) is 14.8. The monoisotopic (exact) mass is 299 g/mol. The molecule has 0 fully saturated rings. The molecule has 0 saturated heterocycles. The van der Waals surface area contributed by atoms with Gasteiger partial charge in [-0.25, -0.2) is 0 Å². The summed E-state index contributed by atoms with van der Waals surface area (Å²) in [6.45, 7) is 1.96. The van der Waals surface area contributed by atoms with Gasteiger partial charge in [-0.05, 0) is 36.2 Å². The summed E-state index contributed by atoms with van der Waals surface area (Å²) in [6.07, 6.45) is 0.565. The molecule has 0 spiro atoms. The summed E-state index contributed by atoms with van der Waals surface area (Å²) in [5.41, 5.74) is 9.46. The van der Waals surface area contributed by atoms with Crippen molar-refractivity contribution in [3.8, 4) is 11.5 Å². The third-order valence-electron chi connectivity index (χ3n) is 3.24. The fourth-order valence-corrected chi connectivity index (χ4v) is 2.45. The zero-order valence-corrected chi connectivity index (χ0v) is 12.3. The summed E-state index contributed by atoms with van der Waals surface area (Å²) in [5.74, 6) is 1.05. The number of nitrogens with zero attached hydrogens (tertiary/aromatic N) is 2. The van der Waals surface area contributed by atoms with Crippen molar-refractivity contribution < 1.29 is 4.52 Å². The Balaban J connectivity index is 1.90. The molecule has 0 amide bonds. The van der Waals surface area contributed by atoms with Crippen LogP contribution in [0.15, 0.2) is 47.0 Å². The number of nitrogen functional groups attached to an aromatic ring is 1. The molecule has 0 unspecified atom stereocenters. The lowest BCUT2D eigenvalue weighted by Gasteiger charge is -2.03. The van der Waals surface area contributed by atoms with Crippen molar-refractivity contribution in [1.29, 1.82) is 0 Å². The van der Waals surface area contributed by atoms with E-state index in [0.717, 1.165) is 16.7 Å². The van der Waals surface area contributed by atoms with E-state index >= 15 is 0 Å². The Labute approximate surface area is 127 Å². The molecule has 0 bridgehead atoms. The minimum Gasteiger partial charge on any atom is -0.398 e. The van der Waals surface area contributed by atoms with Gasteiger partial charge in [0.25, 0.3) is 5.89 Å². The average Bonchev–Trinajstić information content (AvgIpc) is 2.87. The van der Waals surface area contributed by atoms with Crippen molar-refractivity contribution in [3.05, 3.63) is 64.4 Å². The van der Waals surface area contributed by atoms with Crippen LogP contribution in [0, 0.1) is 6.92 Å². The second kappa shape index (κ2) is 5.58. The summed E-state index contributed by atoms with van der Waals surface area (Å²) >= 11 is 5.97. The van der Waals surface area contributed by atoms with Crippen molar-refractivity contribution in [2.75, 3.05) is 5.73 Å². The molecule has 0 saturated carbocycles. The van der Waals surface area contributed by atoms with E-state index in [0.29, 0.717) is 28.8 Å². The maximum absolute atomic E-state index is 5.99. The van der Waals surface area contributed by atoms with Gasteiger partial charge in [0.05, 0.1) is 5.56 Å². The highest BCUT2D eigenvalue weighted by Crippen LogP contribution is 2.28. The van der Waals surface area contributed by atoms with Crippen LogP contribution in [-0.4, -0.2) is 10.1 Å². The Hall–Kier alpha value is -2.33. The van der Waals surface area contributed by atoms with Gasteiger partial charge in [-0.3, -0.25) is 0 Å². The van der Waals surface area contributed by atoms with Crippen molar-refractivity contribution >= 4 is 17.3 Å². The molecule has 0 radical (unpaired) electrons. The van der Waals surface area contributed by atoms with Crippen LogP contribution in [-0.2, 0) is 6.42 Å². The molecule has 0 aliphatic rings. The molecule has 2 N–H and O–H groups in total. The number of halogens is 1. The van der Waals surface area contributed by atoms with Crippen LogP contribution in [0.5, 0.6) is 0 Å². The van der Waals surface area contributed by atoms with Crippen LogP contribution < -0.4 is 5.73 Å². The molecule has 5 heteroatoms. The van der Waals surface area contributed by atoms with Crippen LogP contribution in [0.3, 0.4) is 0 Å². The van der Waals surface area contributed by atoms with E-state index in [9.17, 15) is 0 Å². The molecule has 0 aliphatic carbocycles. The van der Waals surface area contributed by atoms with Gasteiger partial charge in [0.2, 0.25) is 0 Å². The third-order valence-corrected chi connectivity index (χ3v) is 3.47. The topological polar surface area (TPSA) is 64.9 Å². The Kier molecular flexibility index (Phi) is 3.62. The molecule has 1 aromatic heterocycles. The number of benzene rings is 2. The minimum absolute atomic E-state index is 0.447. The van der Waals surface area contributed by atoms with Gasteiger partial charge >= 0.3 is 0 Å². The second-order valence-corrected chi connectivity index (χ2v) is 5.30. The second-order valence-electron chi connectivity index (χ2n) is 4.86. The standard InChI is InChI=1S/C16H14ClN3O/c1-10-4-2-7-13(18)15(10)16-19-14(20-21-16)9-11-5-3-6-12(17)8-11/h2-8H,9,18H2,1H3. The highest BCUT2D eigenvalue weighted by atomic mass is 35.5. The first-order valence-electron chi connectivity index (χ1n) is 6.56. The van der Waals surface area contributed by atoms with Crippen molar-refractivity contribution in [1.82, 2.24) is 10.1 Å². The zero-order valence-electron chi connectivity index (χ0n) is 11.5. The minimum atomic E-state index is 0.447. The summed E-state index contributed by atoms with van der Waals surface area (Å²) in [5, 5.41) is 4.71. The van der Waals surface area contributed by atoms with Crippen molar-refractivity contribution in [2.45, 2.75) is 13.3 Å². The van der Waals surface area contributed by atoms with Crippen LogP contribution in [0.1, 0.15) is 17.0 Å². The summed E-state index contributed by atoms with van der Waals surface area (Å²) in [6, 6.07) is 13.3. The Morgan fingerprint density at radius 1 is 1.19 bits per heavy atom. The molecule has 1 heterocycles. The maximum atomic E-state index is 5.99. The maximum Gasteiger partial charge on any atom is 0.260 e. The fourth-order valence-electron chi connectivity index (χ4n) is 2.24. The van der Waals surface area contributed by atoms with E-state index in [1.54, 1.807) is 0 Å². The van der Waals surface area contributed by atoms with Crippen molar-refractivity contribution in [3.63, 3.8) is 0 Å². The van der Waals surface area contributed by atoms with E-state index in [1.165, 1.54) is 0 Å². The number of rotatable bonds is 3. The van der Waals surface area contributed by atoms with E-state index in [-0.39, 0.29) is 0 Å². The van der Waals surface area contributed by atoms with Gasteiger partial charge in [0.1, 0.15) is 0 Å². The number of hydrogen-bond acceptors (Lipinski definition) is 4. The van der Waals surface area contributed by atoms with Gasteiger partial charge < -0.3 is 10.3 Å². The smallest absolute Gasteiger partial charge is 0.260 e. The first-order valence-corrected chi connectivity index (χ1v) is 6.94. The quantitative estimate of drug-likeness (QED) is 0.746. The molecule has 2 aromatic carbocycles. The number of aromatic nitrogens is 2. The summed E-state index contributed by atoms with van der Waals surface area (Å²) in [7, 11) is 0. The predicted octanol–water partition coefficient (Wildman–Crippen LogP) is 3.87. The lowest BCUT2D eigenvalue weighted by atomic mass is 10.1. The average molecular weight is 300 g/mol. The van der Waals surface area contributed by atoms with Gasteiger partial charge in [-0.15, -0.1) is 0 Å². The predicted molar refractivity (Wildman–Crippen MR) is 83.1 cm³/mol. The summed E-state index contributed by atoms with van der Waals surface area (Å²) < 4.78 is 5.34. The molecule has 106 valence electrons. The van der Waals surface area contributed by atoms with E-state index in [1.807, 2.05) is 49.4 Å². The largest absolute Gasteiger partial charge is 0.398 e. The van der Waals surface area contributed by atoms with Crippen LogP contribution in [0.2, 0.25) is 5.02 Å². The highest BCUT2D eigenvalue weighted by Gasteiger charge is 2.14. The molecule has 3 aromatic rings. The molecule has 0 atom stereocenters. The van der Waals surface area contributed by atoms with E-state index in [2.05, 4.69) is 10.1 Å². The summed E-state index contributed by atoms with van der Waals surface area (Å²) in [4.78, 5) is 4.43.